The van der Waals surface area contributed by atoms with Crippen LogP contribution in [-0.4, -0.2) is 58.0 Å². The molecule has 0 radical (unpaired) electrons. The van der Waals surface area contributed by atoms with Gasteiger partial charge in [-0.1, -0.05) is 35.9 Å². The molecule has 1 fully saturated rings. The smallest absolute Gasteiger partial charge is 0.302 e. The first-order chi connectivity index (χ1) is 16.7. The Labute approximate surface area is 211 Å². The van der Waals surface area contributed by atoms with E-state index in [-0.39, 0.29) is 34.9 Å². The fourth-order valence-corrected chi connectivity index (χ4v) is 6.10. The molecule has 1 N–H and O–H groups in total. The summed E-state index contributed by atoms with van der Waals surface area (Å²) in [6.45, 7) is 2.48. The Hall–Kier alpha value is -2.46. The molecule has 3 rings (SSSR count). The first kappa shape index (κ1) is 27.1. The lowest BCUT2D eigenvalue weighted by Gasteiger charge is -2.40. The maximum Gasteiger partial charge on any atom is 0.302 e. The lowest BCUT2D eigenvalue weighted by molar-refractivity contribution is -0.140. The van der Waals surface area contributed by atoms with Gasteiger partial charge in [-0.2, -0.15) is 4.31 Å². The molecule has 0 unspecified atom stereocenters. The summed E-state index contributed by atoms with van der Waals surface area (Å²) < 4.78 is 37.9. The van der Waals surface area contributed by atoms with E-state index in [1.807, 2.05) is 24.3 Å². The number of carbonyl (C=O) groups excluding carboxylic acids is 2. The molecule has 1 saturated heterocycles. The van der Waals surface area contributed by atoms with Gasteiger partial charge in [0.25, 0.3) is 0 Å². The average molecular weight is 523 g/mol. The summed E-state index contributed by atoms with van der Waals surface area (Å²) in [5, 5.41) is 3.17. The largest absolute Gasteiger partial charge is 0.466 e. The molecule has 10 heteroatoms. The first-order valence-corrected chi connectivity index (χ1v) is 13.3. The zero-order valence-corrected chi connectivity index (χ0v) is 21.5. The van der Waals surface area contributed by atoms with E-state index in [4.69, 9.17) is 21.1 Å². The number of nitrogens with zero attached hydrogens (tertiary/aromatic N) is 1. The highest BCUT2D eigenvalue weighted by atomic mass is 35.5. The number of carbonyl (C=O) groups is 2. The lowest BCUT2D eigenvalue weighted by atomic mass is 9.75. The molecule has 190 valence electrons. The molecular formula is C25H31ClN2O6S. The monoisotopic (exact) mass is 522 g/mol. The number of anilines is 1. The Bertz CT molecular complexity index is 1130. The van der Waals surface area contributed by atoms with E-state index in [0.717, 1.165) is 5.56 Å². The number of piperidine rings is 1. The number of benzene rings is 2. The van der Waals surface area contributed by atoms with E-state index >= 15 is 0 Å². The molecule has 0 atom stereocenters. The van der Waals surface area contributed by atoms with Crippen LogP contribution in [0.3, 0.4) is 0 Å². The highest BCUT2D eigenvalue weighted by molar-refractivity contribution is 7.89. The fraction of sp³-hybridized carbons (Fsp3) is 0.440. The molecule has 0 bridgehead atoms. The standard InChI is InChI=1S/C25H31ClN2O6S/c1-19(29)34-17-11-20-7-9-21(10-8-20)27-24(30)25(14-18-33-2)12-15-28(16-13-25)35(31,32)23-6-4-3-5-22(23)26/h3-10H,11-18H2,1-2H3,(H,27,30). The van der Waals surface area contributed by atoms with Crippen molar-refractivity contribution < 1.29 is 27.5 Å². The van der Waals surface area contributed by atoms with Gasteiger partial charge in [0.15, 0.2) is 0 Å². The van der Waals surface area contributed by atoms with Crippen molar-refractivity contribution in [2.24, 2.45) is 5.41 Å². The van der Waals surface area contributed by atoms with Crippen LogP contribution >= 0.6 is 11.6 Å². The normalized spacial score (nSPS) is 16.0. The molecule has 8 nitrogen and oxygen atoms in total. The van der Waals surface area contributed by atoms with E-state index in [9.17, 15) is 18.0 Å². The minimum atomic E-state index is -3.76. The number of hydrogen-bond donors (Lipinski definition) is 1. The van der Waals surface area contributed by atoms with Crippen molar-refractivity contribution in [3.05, 3.63) is 59.1 Å². The molecular weight excluding hydrogens is 492 g/mol. The molecule has 1 amide bonds. The fourth-order valence-electron chi connectivity index (χ4n) is 4.17. The number of methoxy groups -OCH3 is 1. The third-order valence-corrected chi connectivity index (χ3v) is 8.71. The van der Waals surface area contributed by atoms with Gasteiger partial charge in [-0.3, -0.25) is 9.59 Å². The van der Waals surface area contributed by atoms with E-state index in [0.29, 0.717) is 44.6 Å². The van der Waals surface area contributed by atoms with Crippen molar-refractivity contribution in [1.29, 1.82) is 0 Å². The van der Waals surface area contributed by atoms with Crippen molar-refractivity contribution in [2.75, 3.05) is 38.7 Å². The number of halogens is 1. The maximum absolute atomic E-state index is 13.4. The predicted molar refractivity (Wildman–Crippen MR) is 134 cm³/mol. The Morgan fingerprint density at radius 2 is 1.71 bits per heavy atom. The van der Waals surface area contributed by atoms with Gasteiger partial charge < -0.3 is 14.8 Å². The molecule has 35 heavy (non-hydrogen) atoms. The van der Waals surface area contributed by atoms with Crippen molar-refractivity contribution in [3.63, 3.8) is 0 Å². The SMILES string of the molecule is COCCC1(C(=O)Nc2ccc(CCOC(C)=O)cc2)CCN(S(=O)(=O)c2ccccc2Cl)CC1. The summed E-state index contributed by atoms with van der Waals surface area (Å²) in [5.41, 5.74) is 0.877. The van der Waals surface area contributed by atoms with Gasteiger partial charge in [-0.05, 0) is 49.1 Å². The van der Waals surface area contributed by atoms with Crippen LogP contribution in [0, 0.1) is 5.41 Å². The quantitative estimate of drug-likeness (QED) is 0.475. The highest BCUT2D eigenvalue weighted by Gasteiger charge is 2.43. The van der Waals surface area contributed by atoms with Gasteiger partial charge >= 0.3 is 5.97 Å². The van der Waals surface area contributed by atoms with Crippen molar-refractivity contribution >= 4 is 39.2 Å². The van der Waals surface area contributed by atoms with Crippen LogP contribution in [0.4, 0.5) is 5.69 Å². The molecule has 2 aromatic carbocycles. The summed E-state index contributed by atoms with van der Waals surface area (Å²) in [6.07, 6.45) is 1.80. The maximum atomic E-state index is 13.4. The van der Waals surface area contributed by atoms with Crippen molar-refractivity contribution in [1.82, 2.24) is 4.31 Å². The summed E-state index contributed by atoms with van der Waals surface area (Å²) in [7, 11) is -2.18. The number of sulfonamides is 1. The van der Waals surface area contributed by atoms with Crippen LogP contribution in [0.25, 0.3) is 0 Å². The van der Waals surface area contributed by atoms with Gasteiger partial charge in [-0.25, -0.2) is 8.42 Å². The zero-order chi connectivity index (χ0) is 25.5. The minimum Gasteiger partial charge on any atom is -0.466 e. The summed E-state index contributed by atoms with van der Waals surface area (Å²) in [4.78, 5) is 24.4. The Kier molecular flexibility index (Phi) is 9.29. The van der Waals surface area contributed by atoms with Crippen molar-refractivity contribution in [2.45, 2.75) is 37.5 Å². The van der Waals surface area contributed by atoms with E-state index in [2.05, 4.69) is 5.32 Å². The van der Waals surface area contributed by atoms with Gasteiger partial charge in [0.2, 0.25) is 15.9 Å². The highest BCUT2D eigenvalue weighted by Crippen LogP contribution is 2.38. The Morgan fingerprint density at radius 1 is 1.06 bits per heavy atom. The third kappa shape index (κ3) is 6.82. The molecule has 0 aromatic heterocycles. The molecule has 0 aliphatic carbocycles. The average Bonchev–Trinajstić information content (AvgIpc) is 2.84. The van der Waals surface area contributed by atoms with E-state index < -0.39 is 15.4 Å². The van der Waals surface area contributed by atoms with Gasteiger partial charge in [-0.15, -0.1) is 0 Å². The second kappa shape index (κ2) is 12.0. The number of nitrogens with one attached hydrogen (secondary N) is 1. The number of amides is 1. The van der Waals surface area contributed by atoms with Crippen LogP contribution in [-0.2, 0) is 35.5 Å². The first-order valence-electron chi connectivity index (χ1n) is 11.5. The van der Waals surface area contributed by atoms with Crippen LogP contribution in [0.2, 0.25) is 5.02 Å². The minimum absolute atomic E-state index is 0.0734. The molecule has 1 aliphatic rings. The zero-order valence-electron chi connectivity index (χ0n) is 20.0. The predicted octanol–water partition coefficient (Wildman–Crippen LogP) is 3.89. The summed E-state index contributed by atoms with van der Waals surface area (Å²) >= 11 is 6.14. The van der Waals surface area contributed by atoms with Crippen LogP contribution in [0.1, 0.15) is 31.7 Å². The Morgan fingerprint density at radius 3 is 2.31 bits per heavy atom. The number of rotatable bonds is 10. The van der Waals surface area contributed by atoms with E-state index in [1.54, 1.807) is 25.3 Å². The molecule has 1 aliphatic heterocycles. The van der Waals surface area contributed by atoms with Gasteiger partial charge in [0.05, 0.1) is 17.0 Å². The van der Waals surface area contributed by atoms with Gasteiger partial charge in [0.1, 0.15) is 4.90 Å². The molecule has 0 spiro atoms. The summed E-state index contributed by atoms with van der Waals surface area (Å²) in [6, 6.07) is 13.7. The molecule has 0 saturated carbocycles. The number of ether oxygens (including phenoxy) is 2. The van der Waals surface area contributed by atoms with Crippen LogP contribution < -0.4 is 5.32 Å². The van der Waals surface area contributed by atoms with E-state index in [1.165, 1.54) is 17.3 Å². The second-order valence-electron chi connectivity index (χ2n) is 8.60. The number of hydrogen-bond acceptors (Lipinski definition) is 6. The van der Waals surface area contributed by atoms with Crippen LogP contribution in [0.15, 0.2) is 53.4 Å². The molecule has 1 heterocycles. The van der Waals surface area contributed by atoms with Crippen LogP contribution in [0.5, 0.6) is 0 Å². The summed E-state index contributed by atoms with van der Waals surface area (Å²) in [5.74, 6) is -0.474. The third-order valence-electron chi connectivity index (χ3n) is 6.31. The van der Waals surface area contributed by atoms with Crippen molar-refractivity contribution in [3.8, 4) is 0 Å². The second-order valence-corrected chi connectivity index (χ2v) is 10.9. The molecule has 2 aromatic rings. The lowest BCUT2D eigenvalue weighted by Crippen LogP contribution is -2.48. The van der Waals surface area contributed by atoms with Gasteiger partial charge in [0, 0.05) is 45.8 Å². The Balaban J connectivity index is 1.68. The number of esters is 1. The topological polar surface area (TPSA) is 102 Å².